The van der Waals surface area contributed by atoms with E-state index in [0.29, 0.717) is 6.42 Å². The Morgan fingerprint density at radius 2 is 2.05 bits per heavy atom. The Morgan fingerprint density at radius 3 is 2.58 bits per heavy atom. The normalized spacial score (nSPS) is 11.9. The Bertz CT molecular complexity index is 471. The quantitative estimate of drug-likeness (QED) is 0.733. The molecule has 0 fully saturated rings. The molecule has 0 saturated carbocycles. The Hall–Kier alpha value is -2.04. The molecule has 1 unspecified atom stereocenters. The van der Waals surface area contributed by atoms with Crippen molar-refractivity contribution in [1.29, 1.82) is 0 Å². The monoisotopic (exact) mass is 265 g/mol. The summed E-state index contributed by atoms with van der Waals surface area (Å²) in [5.74, 6) is -1.43. The number of rotatable bonds is 6. The van der Waals surface area contributed by atoms with Gasteiger partial charge in [-0.25, -0.2) is 0 Å². The minimum atomic E-state index is -0.876. The van der Waals surface area contributed by atoms with Crippen LogP contribution in [0.25, 0.3) is 0 Å². The summed E-state index contributed by atoms with van der Waals surface area (Å²) in [7, 11) is 0. The van der Waals surface area contributed by atoms with Crippen LogP contribution in [-0.4, -0.2) is 28.6 Å². The first-order valence-corrected chi connectivity index (χ1v) is 6.23. The molecule has 0 aliphatic rings. The molecule has 5 heteroatoms. The van der Waals surface area contributed by atoms with Gasteiger partial charge in [-0.05, 0) is 30.5 Å². The fraction of sp³-hybridized carbons (Fsp3) is 0.429. The van der Waals surface area contributed by atoms with Crippen molar-refractivity contribution in [2.24, 2.45) is 5.92 Å². The molecule has 1 aromatic carbocycles. The molecule has 104 valence electrons. The number of phenols is 1. The van der Waals surface area contributed by atoms with E-state index in [0.717, 1.165) is 5.56 Å². The number of benzene rings is 1. The topological polar surface area (TPSA) is 86.6 Å². The number of aromatic hydroxyl groups is 1. The van der Waals surface area contributed by atoms with Gasteiger partial charge in [-0.15, -0.1) is 0 Å². The average molecular weight is 265 g/mol. The second kappa shape index (κ2) is 6.78. The minimum Gasteiger partial charge on any atom is -0.507 e. The standard InChI is InChI=1S/C14H19NO4/c1-3-10(7-13(17)18)8-15-14(19)11-5-4-9(2)6-12(11)16/h4-6,10,16H,3,7-8H2,1-2H3,(H,15,19)(H,17,18). The highest BCUT2D eigenvalue weighted by Crippen LogP contribution is 2.18. The first-order valence-electron chi connectivity index (χ1n) is 6.23. The Morgan fingerprint density at radius 1 is 1.37 bits per heavy atom. The highest BCUT2D eigenvalue weighted by Gasteiger charge is 2.15. The van der Waals surface area contributed by atoms with Crippen molar-refractivity contribution in [2.75, 3.05) is 6.54 Å². The molecule has 3 N–H and O–H groups in total. The predicted octanol–water partition coefficient (Wildman–Crippen LogP) is 1.93. The largest absolute Gasteiger partial charge is 0.507 e. The first kappa shape index (κ1) is 15.0. The zero-order valence-electron chi connectivity index (χ0n) is 11.1. The zero-order chi connectivity index (χ0) is 14.4. The lowest BCUT2D eigenvalue weighted by Gasteiger charge is -2.14. The number of amides is 1. The van der Waals surface area contributed by atoms with Crippen LogP contribution in [0.4, 0.5) is 0 Å². The van der Waals surface area contributed by atoms with Gasteiger partial charge in [-0.2, -0.15) is 0 Å². The van der Waals surface area contributed by atoms with Crippen molar-refractivity contribution in [3.63, 3.8) is 0 Å². The van der Waals surface area contributed by atoms with E-state index in [4.69, 9.17) is 5.11 Å². The summed E-state index contributed by atoms with van der Waals surface area (Å²) < 4.78 is 0. The second-order valence-corrected chi connectivity index (χ2v) is 4.60. The SMILES string of the molecule is CCC(CNC(=O)c1ccc(C)cc1O)CC(=O)O. The van der Waals surface area contributed by atoms with Gasteiger partial charge in [0.2, 0.25) is 0 Å². The number of carboxylic acid groups (broad SMARTS) is 1. The fourth-order valence-electron chi connectivity index (χ4n) is 1.77. The lowest BCUT2D eigenvalue weighted by atomic mass is 10.0. The van der Waals surface area contributed by atoms with Crippen LogP contribution >= 0.6 is 0 Å². The molecular formula is C14H19NO4. The van der Waals surface area contributed by atoms with Crippen LogP contribution in [0.3, 0.4) is 0 Å². The summed E-state index contributed by atoms with van der Waals surface area (Å²) in [5.41, 5.74) is 1.07. The number of phenolic OH excluding ortho intramolecular Hbond substituents is 1. The van der Waals surface area contributed by atoms with Gasteiger partial charge >= 0.3 is 5.97 Å². The van der Waals surface area contributed by atoms with E-state index in [1.807, 2.05) is 13.8 Å². The molecule has 0 aromatic heterocycles. The molecule has 1 amide bonds. The number of aryl methyl sites for hydroxylation is 1. The molecule has 1 aromatic rings. The minimum absolute atomic E-state index is 0.0245. The lowest BCUT2D eigenvalue weighted by Crippen LogP contribution is -2.30. The zero-order valence-corrected chi connectivity index (χ0v) is 11.1. The maximum Gasteiger partial charge on any atom is 0.303 e. The third-order valence-electron chi connectivity index (χ3n) is 2.99. The molecule has 0 spiro atoms. The number of carboxylic acids is 1. The van der Waals surface area contributed by atoms with E-state index in [2.05, 4.69) is 5.32 Å². The van der Waals surface area contributed by atoms with Crippen LogP contribution in [-0.2, 0) is 4.79 Å². The molecule has 0 heterocycles. The maximum atomic E-state index is 11.9. The summed E-state index contributed by atoms with van der Waals surface area (Å²) in [6.45, 7) is 3.99. The molecule has 0 bridgehead atoms. The second-order valence-electron chi connectivity index (χ2n) is 4.60. The Kier molecular flexibility index (Phi) is 5.36. The molecular weight excluding hydrogens is 246 g/mol. The maximum absolute atomic E-state index is 11.9. The summed E-state index contributed by atoms with van der Waals surface area (Å²) >= 11 is 0. The average Bonchev–Trinajstić information content (AvgIpc) is 2.33. The van der Waals surface area contributed by atoms with E-state index in [-0.39, 0.29) is 36.1 Å². The number of aliphatic carboxylic acids is 1. The van der Waals surface area contributed by atoms with Crippen LogP contribution in [0.2, 0.25) is 0 Å². The van der Waals surface area contributed by atoms with Gasteiger partial charge in [0.1, 0.15) is 5.75 Å². The summed E-state index contributed by atoms with van der Waals surface area (Å²) in [5, 5.41) is 21.0. The van der Waals surface area contributed by atoms with Gasteiger partial charge in [-0.3, -0.25) is 9.59 Å². The lowest BCUT2D eigenvalue weighted by molar-refractivity contribution is -0.138. The summed E-state index contributed by atoms with van der Waals surface area (Å²) in [6.07, 6.45) is 0.698. The number of hydrogen-bond donors (Lipinski definition) is 3. The number of hydrogen-bond acceptors (Lipinski definition) is 3. The molecule has 1 rings (SSSR count). The fourth-order valence-corrected chi connectivity index (χ4v) is 1.77. The highest BCUT2D eigenvalue weighted by molar-refractivity contribution is 5.96. The molecule has 0 radical (unpaired) electrons. The van der Waals surface area contributed by atoms with Crippen LogP contribution < -0.4 is 5.32 Å². The van der Waals surface area contributed by atoms with E-state index < -0.39 is 5.97 Å². The summed E-state index contributed by atoms with van der Waals surface area (Å²) in [6, 6.07) is 4.81. The number of nitrogens with one attached hydrogen (secondary N) is 1. The van der Waals surface area contributed by atoms with Crippen molar-refractivity contribution >= 4 is 11.9 Å². The van der Waals surface area contributed by atoms with Crippen molar-refractivity contribution in [3.05, 3.63) is 29.3 Å². The molecule has 19 heavy (non-hydrogen) atoms. The molecule has 1 atom stereocenters. The van der Waals surface area contributed by atoms with Gasteiger partial charge in [0.15, 0.2) is 0 Å². The van der Waals surface area contributed by atoms with Gasteiger partial charge in [0.25, 0.3) is 5.91 Å². The van der Waals surface area contributed by atoms with Gasteiger partial charge in [-0.1, -0.05) is 19.4 Å². The molecule has 5 nitrogen and oxygen atoms in total. The van der Waals surface area contributed by atoms with Crippen LogP contribution in [0.15, 0.2) is 18.2 Å². The highest BCUT2D eigenvalue weighted by atomic mass is 16.4. The van der Waals surface area contributed by atoms with Crippen LogP contribution in [0.5, 0.6) is 5.75 Å². The third kappa shape index (κ3) is 4.62. The van der Waals surface area contributed by atoms with Crippen molar-refractivity contribution < 1.29 is 19.8 Å². The first-order chi connectivity index (χ1) is 8.93. The molecule has 0 saturated heterocycles. The van der Waals surface area contributed by atoms with Gasteiger partial charge < -0.3 is 15.5 Å². The molecule has 0 aliphatic carbocycles. The Balaban J connectivity index is 2.61. The predicted molar refractivity (Wildman–Crippen MR) is 71.2 cm³/mol. The van der Waals surface area contributed by atoms with Crippen LogP contribution in [0, 0.1) is 12.8 Å². The number of carbonyl (C=O) groups excluding carboxylic acids is 1. The number of carbonyl (C=O) groups is 2. The smallest absolute Gasteiger partial charge is 0.303 e. The molecule has 0 aliphatic heterocycles. The van der Waals surface area contributed by atoms with Crippen molar-refractivity contribution in [1.82, 2.24) is 5.32 Å². The van der Waals surface area contributed by atoms with E-state index in [1.165, 1.54) is 6.07 Å². The third-order valence-corrected chi connectivity index (χ3v) is 2.99. The van der Waals surface area contributed by atoms with Crippen LogP contribution in [0.1, 0.15) is 35.7 Å². The van der Waals surface area contributed by atoms with Gasteiger partial charge in [0, 0.05) is 13.0 Å². The van der Waals surface area contributed by atoms with Gasteiger partial charge in [0.05, 0.1) is 5.56 Å². The van der Waals surface area contributed by atoms with E-state index >= 15 is 0 Å². The van der Waals surface area contributed by atoms with Crippen molar-refractivity contribution in [2.45, 2.75) is 26.7 Å². The summed E-state index contributed by atoms with van der Waals surface area (Å²) in [4.78, 5) is 22.5. The van der Waals surface area contributed by atoms with E-state index in [9.17, 15) is 14.7 Å². The van der Waals surface area contributed by atoms with E-state index in [1.54, 1.807) is 12.1 Å². The van der Waals surface area contributed by atoms with Crippen molar-refractivity contribution in [3.8, 4) is 5.75 Å². The Labute approximate surface area is 112 Å².